The van der Waals surface area contributed by atoms with Crippen molar-refractivity contribution >= 4 is 5.91 Å². The van der Waals surface area contributed by atoms with Gasteiger partial charge in [-0.3, -0.25) is 9.78 Å². The number of hydrogen-bond donors (Lipinski definition) is 0. The summed E-state index contributed by atoms with van der Waals surface area (Å²) in [5, 5.41) is 8.58. The molecule has 0 saturated heterocycles. The van der Waals surface area contributed by atoms with Gasteiger partial charge in [0.25, 0.3) is 5.91 Å². The Morgan fingerprint density at radius 1 is 1.61 bits per heavy atom. The highest BCUT2D eigenvalue weighted by Crippen LogP contribution is 2.11. The van der Waals surface area contributed by atoms with E-state index in [4.69, 9.17) is 5.26 Å². The summed E-state index contributed by atoms with van der Waals surface area (Å²) in [6.45, 7) is 4.75. The van der Waals surface area contributed by atoms with E-state index in [1.54, 1.807) is 0 Å². The van der Waals surface area contributed by atoms with Crippen LogP contribution in [-0.2, 0) is 0 Å². The lowest BCUT2D eigenvalue weighted by Gasteiger charge is -2.23. The number of hydrogen-bond acceptors (Lipinski definition) is 3. The lowest BCUT2D eigenvalue weighted by atomic mass is 10.1. The maximum atomic E-state index is 13.5. The Hall–Kier alpha value is -1.96. The van der Waals surface area contributed by atoms with Crippen LogP contribution in [0.25, 0.3) is 0 Å². The van der Waals surface area contributed by atoms with Crippen molar-refractivity contribution in [2.24, 2.45) is 5.92 Å². The first-order valence-corrected chi connectivity index (χ1v) is 5.82. The van der Waals surface area contributed by atoms with Gasteiger partial charge in [-0.05, 0) is 12.0 Å². The third-order valence-electron chi connectivity index (χ3n) is 2.37. The molecule has 1 rings (SSSR count). The molecule has 0 atom stereocenters. The van der Waals surface area contributed by atoms with Gasteiger partial charge in [0, 0.05) is 19.3 Å². The number of carbonyl (C=O) groups excluding carboxylic acids is 1. The van der Waals surface area contributed by atoms with E-state index in [1.165, 1.54) is 17.2 Å². The molecule has 1 aromatic rings. The minimum Gasteiger partial charge on any atom is -0.337 e. The van der Waals surface area contributed by atoms with Gasteiger partial charge in [-0.15, -0.1) is 0 Å². The first kappa shape index (κ1) is 14.1. The van der Waals surface area contributed by atoms with E-state index < -0.39 is 5.82 Å². The molecule has 0 saturated carbocycles. The fraction of sp³-hybridized carbons (Fsp3) is 0.462. The Morgan fingerprint density at radius 3 is 2.89 bits per heavy atom. The van der Waals surface area contributed by atoms with Crippen molar-refractivity contribution in [2.75, 3.05) is 13.1 Å². The molecule has 1 heterocycles. The third-order valence-corrected chi connectivity index (χ3v) is 2.37. The summed E-state index contributed by atoms with van der Waals surface area (Å²) in [6, 6.07) is 3.35. The zero-order valence-electron chi connectivity index (χ0n) is 10.6. The number of halogens is 1. The normalized spacial score (nSPS) is 10.2. The van der Waals surface area contributed by atoms with Crippen LogP contribution in [0, 0.1) is 23.1 Å². The third kappa shape index (κ3) is 3.81. The minimum absolute atomic E-state index is 0.00332. The molecule has 0 N–H and O–H groups in total. The second-order valence-electron chi connectivity index (χ2n) is 4.41. The van der Waals surface area contributed by atoms with Crippen LogP contribution in [0.15, 0.2) is 18.5 Å². The number of nitriles is 1. The van der Waals surface area contributed by atoms with Crippen molar-refractivity contribution < 1.29 is 9.18 Å². The lowest BCUT2D eigenvalue weighted by Crippen LogP contribution is -2.35. The fourth-order valence-corrected chi connectivity index (χ4v) is 1.62. The summed E-state index contributed by atoms with van der Waals surface area (Å²) in [7, 11) is 0. The van der Waals surface area contributed by atoms with Gasteiger partial charge in [-0.2, -0.15) is 5.26 Å². The van der Waals surface area contributed by atoms with E-state index >= 15 is 0 Å². The number of amides is 1. The van der Waals surface area contributed by atoms with Crippen LogP contribution < -0.4 is 0 Å². The van der Waals surface area contributed by atoms with Gasteiger partial charge in [0.1, 0.15) is 0 Å². The lowest BCUT2D eigenvalue weighted by molar-refractivity contribution is 0.0735. The molecule has 0 aromatic carbocycles. The molecule has 0 bridgehead atoms. The monoisotopic (exact) mass is 249 g/mol. The molecule has 0 aliphatic carbocycles. The van der Waals surface area contributed by atoms with Crippen molar-refractivity contribution in [3.63, 3.8) is 0 Å². The molecule has 0 fully saturated rings. The topological polar surface area (TPSA) is 57.0 Å². The molecule has 0 spiro atoms. The summed E-state index contributed by atoms with van der Waals surface area (Å²) in [5.41, 5.74) is 0.00332. The maximum absolute atomic E-state index is 13.5. The Bertz CT molecular complexity index is 454. The Kier molecular flexibility index (Phi) is 5.25. The molecule has 0 radical (unpaired) electrons. The second kappa shape index (κ2) is 6.70. The number of carbonyl (C=O) groups is 1. The standard InChI is InChI=1S/C13H16FN3O/c1-10(2)9-17(7-3-5-15)13(18)11-4-6-16-8-12(11)14/h4,6,8,10H,3,7,9H2,1-2H3. The highest BCUT2D eigenvalue weighted by atomic mass is 19.1. The van der Waals surface area contributed by atoms with Crippen molar-refractivity contribution in [1.82, 2.24) is 9.88 Å². The predicted molar refractivity (Wildman–Crippen MR) is 65.2 cm³/mol. The van der Waals surface area contributed by atoms with Gasteiger partial charge in [-0.25, -0.2) is 4.39 Å². The van der Waals surface area contributed by atoms with Gasteiger partial charge >= 0.3 is 0 Å². The van der Waals surface area contributed by atoms with Crippen LogP contribution in [0.4, 0.5) is 4.39 Å². The second-order valence-corrected chi connectivity index (χ2v) is 4.41. The summed E-state index contributed by atoms with van der Waals surface area (Å²) >= 11 is 0. The summed E-state index contributed by atoms with van der Waals surface area (Å²) < 4.78 is 13.5. The minimum atomic E-state index is -0.631. The molecule has 96 valence electrons. The van der Waals surface area contributed by atoms with Crippen LogP contribution in [0.5, 0.6) is 0 Å². The number of pyridine rings is 1. The smallest absolute Gasteiger partial charge is 0.256 e. The molecule has 4 nitrogen and oxygen atoms in total. The van der Waals surface area contributed by atoms with Gasteiger partial charge < -0.3 is 4.90 Å². The Balaban J connectivity index is 2.88. The molecule has 0 aliphatic heterocycles. The largest absolute Gasteiger partial charge is 0.337 e. The number of aromatic nitrogens is 1. The highest BCUT2D eigenvalue weighted by Gasteiger charge is 2.19. The van der Waals surface area contributed by atoms with E-state index in [1.807, 2.05) is 19.9 Å². The average molecular weight is 249 g/mol. The maximum Gasteiger partial charge on any atom is 0.256 e. The zero-order valence-corrected chi connectivity index (χ0v) is 10.6. The average Bonchev–Trinajstić information content (AvgIpc) is 2.34. The van der Waals surface area contributed by atoms with E-state index in [0.29, 0.717) is 13.1 Å². The molecular weight excluding hydrogens is 233 g/mol. The van der Waals surface area contributed by atoms with Gasteiger partial charge in [-0.1, -0.05) is 13.8 Å². The quantitative estimate of drug-likeness (QED) is 0.804. The van der Waals surface area contributed by atoms with Gasteiger partial charge in [0.05, 0.1) is 24.3 Å². The number of rotatable bonds is 5. The summed E-state index contributed by atoms with van der Waals surface area (Å²) in [5.74, 6) is -0.760. The van der Waals surface area contributed by atoms with Crippen LogP contribution in [0.1, 0.15) is 30.6 Å². The highest BCUT2D eigenvalue weighted by molar-refractivity contribution is 5.94. The molecule has 1 amide bonds. The van der Waals surface area contributed by atoms with Gasteiger partial charge in [0.2, 0.25) is 0 Å². The van der Waals surface area contributed by atoms with Crippen molar-refractivity contribution in [1.29, 1.82) is 5.26 Å². The van der Waals surface area contributed by atoms with E-state index in [2.05, 4.69) is 4.98 Å². The van der Waals surface area contributed by atoms with E-state index in [0.717, 1.165) is 6.20 Å². The predicted octanol–water partition coefficient (Wildman–Crippen LogP) is 2.23. The Labute approximate surface area is 106 Å². The van der Waals surface area contributed by atoms with Crippen LogP contribution in [0.3, 0.4) is 0 Å². The summed E-state index contributed by atoms with van der Waals surface area (Å²) in [6.07, 6.45) is 2.64. The van der Waals surface area contributed by atoms with Gasteiger partial charge in [0.15, 0.2) is 5.82 Å². The Morgan fingerprint density at radius 2 is 2.33 bits per heavy atom. The molecule has 0 unspecified atom stereocenters. The zero-order chi connectivity index (χ0) is 13.5. The molecule has 0 aliphatic rings. The fourth-order valence-electron chi connectivity index (χ4n) is 1.62. The van der Waals surface area contributed by atoms with E-state index in [-0.39, 0.29) is 23.8 Å². The first-order chi connectivity index (χ1) is 8.56. The SMILES string of the molecule is CC(C)CN(CCC#N)C(=O)c1ccncc1F. The van der Waals surface area contributed by atoms with Crippen LogP contribution in [0.2, 0.25) is 0 Å². The van der Waals surface area contributed by atoms with Crippen molar-refractivity contribution in [3.8, 4) is 6.07 Å². The molecule has 18 heavy (non-hydrogen) atoms. The molecular formula is C13H16FN3O. The molecule has 5 heteroatoms. The molecule has 1 aromatic heterocycles. The van der Waals surface area contributed by atoms with E-state index in [9.17, 15) is 9.18 Å². The van der Waals surface area contributed by atoms with Crippen LogP contribution >= 0.6 is 0 Å². The summed E-state index contributed by atoms with van der Waals surface area (Å²) in [4.78, 5) is 17.3. The number of nitrogens with zero attached hydrogens (tertiary/aromatic N) is 3. The van der Waals surface area contributed by atoms with Crippen molar-refractivity contribution in [2.45, 2.75) is 20.3 Å². The first-order valence-electron chi connectivity index (χ1n) is 5.82. The van der Waals surface area contributed by atoms with Crippen LogP contribution in [-0.4, -0.2) is 28.9 Å². The van der Waals surface area contributed by atoms with Crippen molar-refractivity contribution in [3.05, 3.63) is 29.8 Å².